The third-order valence-corrected chi connectivity index (χ3v) is 3.07. The van der Waals surface area contributed by atoms with Gasteiger partial charge in [-0.3, -0.25) is 4.79 Å². The van der Waals surface area contributed by atoms with Gasteiger partial charge >= 0.3 is 5.97 Å². The molecule has 0 rings (SSSR count). The summed E-state index contributed by atoms with van der Waals surface area (Å²) >= 11 is 1.80. The summed E-state index contributed by atoms with van der Waals surface area (Å²) in [6, 6.07) is 0. The monoisotopic (exact) mass is 244 g/mol. The normalized spacial score (nSPS) is 13.4. The quantitative estimate of drug-likeness (QED) is 0.299. The van der Waals surface area contributed by atoms with E-state index >= 15 is 0 Å². The fourth-order valence-electron chi connectivity index (χ4n) is 1.22. The van der Waals surface area contributed by atoms with Crippen LogP contribution < -0.4 is 0 Å². The van der Waals surface area contributed by atoms with E-state index in [0.717, 1.165) is 5.75 Å². The molecule has 1 atom stereocenters. The second kappa shape index (κ2) is 8.39. The molecule has 4 heteroatoms. The highest BCUT2D eigenvalue weighted by Crippen LogP contribution is 2.15. The molecule has 0 saturated heterocycles. The van der Waals surface area contributed by atoms with Crippen molar-refractivity contribution >= 4 is 23.5 Å². The van der Waals surface area contributed by atoms with E-state index in [1.54, 1.807) is 24.8 Å². The highest BCUT2D eigenvalue weighted by molar-refractivity contribution is 7.99. The molecule has 0 aromatic carbocycles. The Morgan fingerprint density at radius 2 is 2.00 bits per heavy atom. The lowest BCUT2D eigenvalue weighted by molar-refractivity contribution is -0.139. The van der Waals surface area contributed by atoms with Crippen molar-refractivity contribution in [3.05, 3.63) is 11.6 Å². The van der Waals surface area contributed by atoms with Gasteiger partial charge in [-0.1, -0.05) is 19.9 Å². The highest BCUT2D eigenvalue weighted by Gasteiger charge is 2.15. The first-order valence-corrected chi connectivity index (χ1v) is 6.57. The predicted octanol–water partition coefficient (Wildman–Crippen LogP) is 2.60. The number of hydrogen-bond donors (Lipinski definition) is 0. The summed E-state index contributed by atoms with van der Waals surface area (Å²) < 4.78 is 4.82. The van der Waals surface area contributed by atoms with E-state index in [4.69, 9.17) is 4.74 Å². The Morgan fingerprint density at radius 1 is 1.38 bits per heavy atom. The lowest BCUT2D eigenvalue weighted by Crippen LogP contribution is -2.14. The van der Waals surface area contributed by atoms with E-state index in [9.17, 15) is 9.59 Å². The topological polar surface area (TPSA) is 43.4 Å². The summed E-state index contributed by atoms with van der Waals surface area (Å²) in [6.45, 7) is 7.57. The maximum Gasteiger partial charge on any atom is 0.341 e. The van der Waals surface area contributed by atoms with Gasteiger partial charge in [-0.25, -0.2) is 4.79 Å². The predicted molar refractivity (Wildman–Crippen MR) is 67.6 cm³/mol. The zero-order chi connectivity index (χ0) is 12.6. The lowest BCUT2D eigenvalue weighted by Gasteiger charge is -2.07. The van der Waals surface area contributed by atoms with Crippen molar-refractivity contribution in [1.29, 1.82) is 0 Å². The highest BCUT2D eigenvalue weighted by atomic mass is 32.2. The van der Waals surface area contributed by atoms with E-state index in [0.29, 0.717) is 18.3 Å². The zero-order valence-corrected chi connectivity index (χ0v) is 11.2. The summed E-state index contributed by atoms with van der Waals surface area (Å²) in [6.07, 6.45) is 2.40. The number of hydrogen-bond acceptors (Lipinski definition) is 4. The van der Waals surface area contributed by atoms with E-state index in [1.807, 2.05) is 0 Å². The molecule has 0 aliphatic rings. The Labute approximate surface area is 102 Å². The summed E-state index contributed by atoms with van der Waals surface area (Å²) in [5.74, 6) is 0.292. The number of carbonyl (C=O) groups is 2. The minimum Gasteiger partial charge on any atom is -0.462 e. The maximum absolute atomic E-state index is 11.4. The van der Waals surface area contributed by atoms with Gasteiger partial charge in [0.1, 0.15) is 0 Å². The Bertz CT molecular complexity index is 271. The minimum absolute atomic E-state index is 0.172. The van der Waals surface area contributed by atoms with E-state index in [2.05, 4.69) is 13.8 Å². The Kier molecular flexibility index (Phi) is 7.99. The van der Waals surface area contributed by atoms with Crippen molar-refractivity contribution in [2.24, 2.45) is 0 Å². The molecule has 0 fully saturated rings. The van der Waals surface area contributed by atoms with Crippen molar-refractivity contribution < 1.29 is 14.3 Å². The van der Waals surface area contributed by atoms with Crippen LogP contribution in [-0.2, 0) is 14.3 Å². The van der Waals surface area contributed by atoms with Gasteiger partial charge in [0.25, 0.3) is 0 Å². The summed E-state index contributed by atoms with van der Waals surface area (Å²) in [5, 5.41) is 0.411. The van der Waals surface area contributed by atoms with Crippen molar-refractivity contribution in [1.82, 2.24) is 0 Å². The standard InChI is InChI=1S/C12H20O3S/c1-5-15-12(14)11(10(4)13)8-7-9(3)16-6-2/h8-9H,5-7H2,1-4H3. The lowest BCUT2D eigenvalue weighted by atomic mass is 10.1. The number of Topliss-reactive ketones (excluding diaryl/α,β-unsaturated/α-hetero) is 1. The van der Waals surface area contributed by atoms with Crippen LogP contribution in [0.4, 0.5) is 0 Å². The summed E-state index contributed by atoms with van der Waals surface area (Å²) in [4.78, 5) is 22.7. The first kappa shape index (κ1) is 15.2. The first-order valence-electron chi connectivity index (χ1n) is 5.52. The molecule has 0 aromatic rings. The molecule has 92 valence electrons. The largest absolute Gasteiger partial charge is 0.462 e. The van der Waals surface area contributed by atoms with Gasteiger partial charge < -0.3 is 4.74 Å². The molecule has 0 aromatic heterocycles. The third kappa shape index (κ3) is 5.95. The molecule has 0 aliphatic carbocycles. The van der Waals surface area contributed by atoms with Crippen LogP contribution in [0.1, 0.15) is 34.1 Å². The number of thioether (sulfide) groups is 1. The van der Waals surface area contributed by atoms with Crippen molar-refractivity contribution in [2.75, 3.05) is 12.4 Å². The SMILES string of the molecule is CCOC(=O)C(=CCC(C)SCC)C(C)=O. The molecular formula is C12H20O3S. The van der Waals surface area contributed by atoms with Gasteiger partial charge in [-0.05, 0) is 26.0 Å². The molecule has 0 radical (unpaired) electrons. The fourth-order valence-corrected chi connectivity index (χ4v) is 2.02. The van der Waals surface area contributed by atoms with Gasteiger partial charge in [0.05, 0.1) is 12.2 Å². The molecule has 0 aliphatic heterocycles. The van der Waals surface area contributed by atoms with Gasteiger partial charge in [-0.15, -0.1) is 0 Å². The maximum atomic E-state index is 11.4. The van der Waals surface area contributed by atoms with Crippen LogP contribution in [-0.4, -0.2) is 29.4 Å². The van der Waals surface area contributed by atoms with Crippen LogP contribution in [0, 0.1) is 0 Å². The van der Waals surface area contributed by atoms with Gasteiger partial charge in [0.15, 0.2) is 5.78 Å². The molecule has 1 unspecified atom stereocenters. The second-order valence-corrected chi connectivity index (χ2v) is 5.11. The van der Waals surface area contributed by atoms with Crippen LogP contribution in [0.2, 0.25) is 0 Å². The zero-order valence-electron chi connectivity index (χ0n) is 10.4. The number of ether oxygens (including phenoxy) is 1. The molecule has 16 heavy (non-hydrogen) atoms. The van der Waals surface area contributed by atoms with Crippen LogP contribution in [0.3, 0.4) is 0 Å². The molecule has 0 N–H and O–H groups in total. The summed E-state index contributed by atoms with van der Waals surface area (Å²) in [7, 11) is 0. The minimum atomic E-state index is -0.510. The van der Waals surface area contributed by atoms with Gasteiger partial charge in [0, 0.05) is 5.25 Å². The van der Waals surface area contributed by atoms with E-state index in [-0.39, 0.29) is 11.4 Å². The Morgan fingerprint density at radius 3 is 2.44 bits per heavy atom. The first-order chi connectivity index (χ1) is 7.52. The van der Waals surface area contributed by atoms with Crippen LogP contribution in [0.15, 0.2) is 11.6 Å². The van der Waals surface area contributed by atoms with Crippen molar-refractivity contribution in [3.63, 3.8) is 0 Å². The summed E-state index contributed by atoms with van der Waals surface area (Å²) in [5.41, 5.74) is 0.172. The molecule has 0 bridgehead atoms. The molecular weight excluding hydrogens is 224 g/mol. The number of allylic oxidation sites excluding steroid dienone is 1. The average molecular weight is 244 g/mol. The van der Waals surface area contributed by atoms with Crippen LogP contribution in [0.25, 0.3) is 0 Å². The smallest absolute Gasteiger partial charge is 0.341 e. The molecule has 3 nitrogen and oxygen atoms in total. The van der Waals surface area contributed by atoms with Crippen molar-refractivity contribution in [3.8, 4) is 0 Å². The molecule has 0 heterocycles. The number of carbonyl (C=O) groups excluding carboxylic acids is 2. The van der Waals surface area contributed by atoms with Crippen LogP contribution >= 0.6 is 11.8 Å². The Balaban J connectivity index is 4.47. The molecule has 0 amide bonds. The number of esters is 1. The molecule has 0 spiro atoms. The average Bonchev–Trinajstić information content (AvgIpc) is 2.18. The van der Waals surface area contributed by atoms with Crippen molar-refractivity contribution in [2.45, 2.75) is 39.4 Å². The number of rotatable bonds is 7. The van der Waals surface area contributed by atoms with E-state index < -0.39 is 5.97 Å². The third-order valence-electron chi connectivity index (χ3n) is 1.98. The van der Waals surface area contributed by atoms with Gasteiger partial charge in [0.2, 0.25) is 0 Å². The second-order valence-electron chi connectivity index (χ2n) is 3.40. The van der Waals surface area contributed by atoms with Crippen LogP contribution in [0.5, 0.6) is 0 Å². The van der Waals surface area contributed by atoms with Gasteiger partial charge in [-0.2, -0.15) is 11.8 Å². The Hall–Kier alpha value is -0.770. The number of ketones is 1. The van der Waals surface area contributed by atoms with E-state index in [1.165, 1.54) is 6.92 Å². The fraction of sp³-hybridized carbons (Fsp3) is 0.667. The molecule has 0 saturated carbocycles.